The molecule has 0 spiro atoms. The number of carbonyl (C=O) groups is 2. The van der Waals surface area contributed by atoms with Crippen molar-refractivity contribution in [3.63, 3.8) is 0 Å². The van der Waals surface area contributed by atoms with E-state index in [1.54, 1.807) is 12.1 Å². The highest BCUT2D eigenvalue weighted by molar-refractivity contribution is 5.96. The zero-order chi connectivity index (χ0) is 17.4. The molecule has 126 valence electrons. The van der Waals surface area contributed by atoms with Gasteiger partial charge in [0.15, 0.2) is 0 Å². The van der Waals surface area contributed by atoms with Gasteiger partial charge in [-0.2, -0.15) is 0 Å². The zero-order valence-corrected chi connectivity index (χ0v) is 13.8. The first-order valence-corrected chi connectivity index (χ1v) is 7.97. The van der Waals surface area contributed by atoms with E-state index in [0.717, 1.165) is 18.7 Å². The monoisotopic (exact) mass is 325 g/mol. The van der Waals surface area contributed by atoms with Crippen LogP contribution < -0.4 is 16.4 Å². The quantitative estimate of drug-likeness (QED) is 0.692. The number of carbonyl (C=O) groups excluding carboxylic acids is 2. The molecule has 0 fully saturated rings. The SMILES string of the molecule is CC(CNCc1ccc(C(=O)NCC(N)=O)cc1)c1ccccc1. The van der Waals surface area contributed by atoms with Gasteiger partial charge in [0.2, 0.25) is 5.91 Å². The first kappa shape index (κ1) is 17.7. The lowest BCUT2D eigenvalue weighted by molar-refractivity contribution is -0.117. The van der Waals surface area contributed by atoms with E-state index in [0.29, 0.717) is 11.5 Å². The Labute approximate surface area is 142 Å². The number of rotatable bonds is 8. The fourth-order valence-corrected chi connectivity index (χ4v) is 2.38. The highest BCUT2D eigenvalue weighted by Crippen LogP contribution is 2.13. The van der Waals surface area contributed by atoms with Crippen LogP contribution in [0.4, 0.5) is 0 Å². The van der Waals surface area contributed by atoms with E-state index in [1.165, 1.54) is 5.56 Å². The minimum absolute atomic E-state index is 0.153. The maximum absolute atomic E-state index is 11.8. The van der Waals surface area contributed by atoms with Gasteiger partial charge in [-0.1, -0.05) is 49.4 Å². The van der Waals surface area contributed by atoms with Gasteiger partial charge < -0.3 is 16.4 Å². The summed E-state index contributed by atoms with van der Waals surface area (Å²) < 4.78 is 0. The summed E-state index contributed by atoms with van der Waals surface area (Å²) in [6, 6.07) is 17.7. The van der Waals surface area contributed by atoms with Crippen molar-refractivity contribution in [3.05, 3.63) is 71.3 Å². The number of nitrogens with one attached hydrogen (secondary N) is 2. The van der Waals surface area contributed by atoms with E-state index >= 15 is 0 Å². The van der Waals surface area contributed by atoms with Crippen molar-refractivity contribution in [2.24, 2.45) is 5.73 Å². The van der Waals surface area contributed by atoms with Gasteiger partial charge in [-0.3, -0.25) is 9.59 Å². The Morgan fingerprint density at radius 2 is 1.71 bits per heavy atom. The maximum Gasteiger partial charge on any atom is 0.251 e. The predicted octanol–water partition coefficient (Wildman–Crippen LogP) is 1.80. The van der Waals surface area contributed by atoms with E-state index in [-0.39, 0.29) is 12.5 Å². The second kappa shape index (κ2) is 8.84. The Bertz CT molecular complexity index is 669. The summed E-state index contributed by atoms with van der Waals surface area (Å²) in [6.45, 7) is 3.65. The van der Waals surface area contributed by atoms with Gasteiger partial charge in [0.05, 0.1) is 6.54 Å². The lowest BCUT2D eigenvalue weighted by Gasteiger charge is -2.13. The lowest BCUT2D eigenvalue weighted by atomic mass is 10.0. The highest BCUT2D eigenvalue weighted by atomic mass is 16.2. The van der Waals surface area contributed by atoms with Crippen LogP contribution >= 0.6 is 0 Å². The Hall–Kier alpha value is -2.66. The Morgan fingerprint density at radius 3 is 2.33 bits per heavy atom. The molecule has 0 saturated heterocycles. The third kappa shape index (κ3) is 5.52. The molecule has 5 nitrogen and oxygen atoms in total. The summed E-state index contributed by atoms with van der Waals surface area (Å²) in [5, 5.41) is 5.89. The predicted molar refractivity (Wildman–Crippen MR) is 94.5 cm³/mol. The van der Waals surface area contributed by atoms with Crippen LogP contribution in [0.3, 0.4) is 0 Å². The van der Waals surface area contributed by atoms with Crippen molar-refractivity contribution in [2.45, 2.75) is 19.4 Å². The van der Waals surface area contributed by atoms with Crippen LogP contribution in [0.15, 0.2) is 54.6 Å². The Balaban J connectivity index is 1.79. The summed E-state index contributed by atoms with van der Waals surface area (Å²) in [4.78, 5) is 22.5. The number of benzene rings is 2. The number of amides is 2. The second-order valence-corrected chi connectivity index (χ2v) is 5.79. The third-order valence-corrected chi connectivity index (χ3v) is 3.79. The van der Waals surface area contributed by atoms with E-state index in [9.17, 15) is 9.59 Å². The van der Waals surface area contributed by atoms with Gasteiger partial charge in [-0.15, -0.1) is 0 Å². The van der Waals surface area contributed by atoms with Crippen molar-refractivity contribution in [1.29, 1.82) is 0 Å². The van der Waals surface area contributed by atoms with Crippen LogP contribution in [0.5, 0.6) is 0 Å². The summed E-state index contributed by atoms with van der Waals surface area (Å²) in [7, 11) is 0. The van der Waals surface area contributed by atoms with Crippen molar-refractivity contribution in [2.75, 3.05) is 13.1 Å². The molecular formula is C19H23N3O2. The molecule has 0 aliphatic heterocycles. The molecule has 1 unspecified atom stereocenters. The molecule has 0 aliphatic carbocycles. The average Bonchev–Trinajstić information content (AvgIpc) is 2.61. The largest absolute Gasteiger partial charge is 0.368 e. The number of nitrogens with two attached hydrogens (primary N) is 1. The van der Waals surface area contributed by atoms with Crippen LogP contribution in [0.1, 0.15) is 34.3 Å². The number of hydrogen-bond acceptors (Lipinski definition) is 3. The summed E-state index contributed by atoms with van der Waals surface area (Å²) in [6.07, 6.45) is 0. The second-order valence-electron chi connectivity index (χ2n) is 5.79. The molecule has 0 heterocycles. The molecule has 0 radical (unpaired) electrons. The van der Waals surface area contributed by atoms with E-state index < -0.39 is 5.91 Å². The molecule has 2 aromatic carbocycles. The molecule has 2 rings (SSSR count). The van der Waals surface area contributed by atoms with Crippen LogP contribution in [-0.2, 0) is 11.3 Å². The molecule has 2 amide bonds. The molecule has 2 aromatic rings. The van der Waals surface area contributed by atoms with E-state index in [1.807, 2.05) is 30.3 Å². The molecule has 1 atom stereocenters. The van der Waals surface area contributed by atoms with Crippen LogP contribution in [0, 0.1) is 0 Å². The van der Waals surface area contributed by atoms with Crippen LogP contribution in [-0.4, -0.2) is 24.9 Å². The zero-order valence-electron chi connectivity index (χ0n) is 13.8. The fraction of sp³-hybridized carbons (Fsp3) is 0.263. The molecule has 5 heteroatoms. The minimum Gasteiger partial charge on any atom is -0.368 e. The molecule has 24 heavy (non-hydrogen) atoms. The van der Waals surface area contributed by atoms with Crippen LogP contribution in [0.25, 0.3) is 0 Å². The molecule has 4 N–H and O–H groups in total. The molecule has 0 saturated carbocycles. The summed E-state index contributed by atoms with van der Waals surface area (Å²) in [5.74, 6) is -0.423. The standard InChI is InChI=1S/C19H23N3O2/c1-14(16-5-3-2-4-6-16)11-21-12-15-7-9-17(10-8-15)19(24)22-13-18(20)23/h2-10,14,21H,11-13H2,1H3,(H2,20,23)(H,22,24). The Morgan fingerprint density at radius 1 is 1.04 bits per heavy atom. The normalized spacial score (nSPS) is 11.7. The van der Waals surface area contributed by atoms with Gasteiger partial charge in [0.25, 0.3) is 5.91 Å². The number of primary amides is 1. The molecule has 0 bridgehead atoms. The highest BCUT2D eigenvalue weighted by Gasteiger charge is 2.07. The van der Waals surface area contributed by atoms with E-state index in [2.05, 4.69) is 29.7 Å². The molecule has 0 aliphatic rings. The lowest BCUT2D eigenvalue weighted by Crippen LogP contribution is -2.33. The minimum atomic E-state index is -0.559. The van der Waals surface area contributed by atoms with Crippen LogP contribution in [0.2, 0.25) is 0 Å². The van der Waals surface area contributed by atoms with Crippen molar-refractivity contribution in [3.8, 4) is 0 Å². The maximum atomic E-state index is 11.8. The smallest absolute Gasteiger partial charge is 0.251 e. The number of hydrogen-bond donors (Lipinski definition) is 3. The van der Waals surface area contributed by atoms with Crippen molar-refractivity contribution < 1.29 is 9.59 Å². The van der Waals surface area contributed by atoms with Gasteiger partial charge in [0.1, 0.15) is 0 Å². The fourth-order valence-electron chi connectivity index (χ4n) is 2.38. The van der Waals surface area contributed by atoms with Gasteiger partial charge in [-0.25, -0.2) is 0 Å². The first-order chi connectivity index (χ1) is 11.6. The van der Waals surface area contributed by atoms with Gasteiger partial charge >= 0.3 is 0 Å². The Kier molecular flexibility index (Phi) is 6.51. The summed E-state index contributed by atoms with van der Waals surface area (Å²) >= 11 is 0. The van der Waals surface area contributed by atoms with Gasteiger partial charge in [-0.05, 0) is 29.2 Å². The van der Waals surface area contributed by atoms with Crippen molar-refractivity contribution >= 4 is 11.8 Å². The molecular weight excluding hydrogens is 302 g/mol. The van der Waals surface area contributed by atoms with Crippen molar-refractivity contribution in [1.82, 2.24) is 10.6 Å². The molecule has 0 aromatic heterocycles. The average molecular weight is 325 g/mol. The first-order valence-electron chi connectivity index (χ1n) is 7.97. The van der Waals surface area contributed by atoms with E-state index in [4.69, 9.17) is 5.73 Å². The summed E-state index contributed by atoms with van der Waals surface area (Å²) in [5.41, 5.74) is 7.92. The third-order valence-electron chi connectivity index (χ3n) is 3.79. The topological polar surface area (TPSA) is 84.2 Å². The van der Waals surface area contributed by atoms with Gasteiger partial charge in [0, 0.05) is 18.7 Å².